The minimum atomic E-state index is 0.506. The van der Waals surface area contributed by atoms with Gasteiger partial charge in [-0.3, -0.25) is 0 Å². The van der Waals surface area contributed by atoms with E-state index in [1.165, 1.54) is 25.0 Å². The number of aromatic nitrogens is 2. The highest BCUT2D eigenvalue weighted by molar-refractivity contribution is 7.98. The van der Waals surface area contributed by atoms with Crippen LogP contribution >= 0.6 is 11.8 Å². The van der Waals surface area contributed by atoms with Crippen molar-refractivity contribution in [3.05, 3.63) is 41.1 Å². The predicted molar refractivity (Wildman–Crippen MR) is 131 cm³/mol. The molecule has 1 unspecified atom stereocenters. The highest BCUT2D eigenvalue weighted by Gasteiger charge is 2.21. The fourth-order valence-electron chi connectivity index (χ4n) is 3.91. The molecule has 0 bridgehead atoms. The molecule has 0 saturated carbocycles. The molecule has 7 heteroatoms. The standard InChI is InChI=1S/C24H34N6S/c1-4-7-20-15-23(30-12-5-8-22(17-30)26-11-6-13-31-3)29-24(27-20)28-21-10-9-18(2)19(14-21)16-25/h9-10,14-15,22,26H,4-8,11-13,17H2,1-3H3,(H,27,28,29). The van der Waals surface area contributed by atoms with Gasteiger partial charge < -0.3 is 15.5 Å². The van der Waals surface area contributed by atoms with Crippen molar-refractivity contribution in [3.8, 4) is 6.07 Å². The molecule has 1 aromatic heterocycles. The number of aryl methyl sites for hydroxylation is 2. The number of anilines is 3. The maximum atomic E-state index is 9.33. The Balaban J connectivity index is 1.75. The summed E-state index contributed by atoms with van der Waals surface area (Å²) in [5, 5.41) is 16.4. The van der Waals surface area contributed by atoms with E-state index in [1.54, 1.807) is 0 Å². The number of hydrogen-bond acceptors (Lipinski definition) is 7. The van der Waals surface area contributed by atoms with E-state index in [1.807, 2.05) is 36.9 Å². The Morgan fingerprint density at radius 2 is 2.16 bits per heavy atom. The number of thioether (sulfide) groups is 1. The van der Waals surface area contributed by atoms with Crippen LogP contribution in [0.25, 0.3) is 0 Å². The van der Waals surface area contributed by atoms with E-state index < -0.39 is 0 Å². The largest absolute Gasteiger partial charge is 0.355 e. The van der Waals surface area contributed by atoms with Crippen LogP contribution in [0.1, 0.15) is 49.4 Å². The first-order valence-corrected chi connectivity index (χ1v) is 12.6. The molecule has 3 rings (SSSR count). The van der Waals surface area contributed by atoms with Crippen LogP contribution in [0.15, 0.2) is 24.3 Å². The van der Waals surface area contributed by atoms with Crippen LogP contribution in [0, 0.1) is 18.3 Å². The topological polar surface area (TPSA) is 76.9 Å². The first kappa shape index (κ1) is 23.4. The normalized spacial score (nSPS) is 16.2. The zero-order chi connectivity index (χ0) is 22.1. The zero-order valence-corrected chi connectivity index (χ0v) is 19.8. The molecule has 1 atom stereocenters. The number of nitrogens with zero attached hydrogens (tertiary/aromatic N) is 4. The summed E-state index contributed by atoms with van der Waals surface area (Å²) in [7, 11) is 0. The van der Waals surface area contributed by atoms with E-state index in [0.717, 1.165) is 55.2 Å². The molecule has 1 aliphatic rings. The van der Waals surface area contributed by atoms with Gasteiger partial charge in [-0.1, -0.05) is 19.4 Å². The minimum absolute atomic E-state index is 0.506. The summed E-state index contributed by atoms with van der Waals surface area (Å²) in [6.45, 7) is 7.19. The smallest absolute Gasteiger partial charge is 0.229 e. The van der Waals surface area contributed by atoms with Crippen LogP contribution in [0.2, 0.25) is 0 Å². The molecule has 31 heavy (non-hydrogen) atoms. The molecule has 0 aliphatic carbocycles. The summed E-state index contributed by atoms with van der Waals surface area (Å²) in [4.78, 5) is 12.0. The molecule has 2 heterocycles. The van der Waals surface area contributed by atoms with Crippen molar-refractivity contribution in [1.29, 1.82) is 5.26 Å². The van der Waals surface area contributed by atoms with Crippen molar-refractivity contribution in [2.75, 3.05) is 41.9 Å². The lowest BCUT2D eigenvalue weighted by Crippen LogP contribution is -2.46. The second-order valence-electron chi connectivity index (χ2n) is 8.14. The lowest BCUT2D eigenvalue weighted by atomic mass is 10.1. The maximum absolute atomic E-state index is 9.33. The molecule has 2 N–H and O–H groups in total. The number of benzene rings is 1. The fraction of sp³-hybridized carbons (Fsp3) is 0.542. The van der Waals surface area contributed by atoms with Gasteiger partial charge in [-0.05, 0) is 68.9 Å². The van der Waals surface area contributed by atoms with Crippen LogP contribution < -0.4 is 15.5 Å². The summed E-state index contributed by atoms with van der Waals surface area (Å²) in [5.74, 6) is 2.80. The van der Waals surface area contributed by atoms with Gasteiger partial charge in [0.2, 0.25) is 5.95 Å². The highest BCUT2D eigenvalue weighted by Crippen LogP contribution is 2.23. The summed E-state index contributed by atoms with van der Waals surface area (Å²) >= 11 is 1.90. The SMILES string of the molecule is CCCc1cc(N2CCCC(NCCCSC)C2)nc(Nc2ccc(C)c(C#N)c2)n1. The number of nitrogens with one attached hydrogen (secondary N) is 2. The second-order valence-corrected chi connectivity index (χ2v) is 9.13. The molecule has 1 fully saturated rings. The van der Waals surface area contributed by atoms with E-state index in [0.29, 0.717) is 17.6 Å². The molecule has 2 aromatic rings. The van der Waals surface area contributed by atoms with E-state index in [9.17, 15) is 5.26 Å². The number of hydrogen-bond donors (Lipinski definition) is 2. The fourth-order valence-corrected chi connectivity index (χ4v) is 4.34. The van der Waals surface area contributed by atoms with Gasteiger partial charge in [-0.25, -0.2) is 4.98 Å². The first-order chi connectivity index (χ1) is 15.1. The van der Waals surface area contributed by atoms with E-state index >= 15 is 0 Å². The van der Waals surface area contributed by atoms with Gasteiger partial charge in [0, 0.05) is 36.6 Å². The van der Waals surface area contributed by atoms with Crippen molar-refractivity contribution < 1.29 is 0 Å². The maximum Gasteiger partial charge on any atom is 0.229 e. The lowest BCUT2D eigenvalue weighted by molar-refractivity contribution is 0.422. The van der Waals surface area contributed by atoms with Crippen LogP contribution in [-0.4, -0.2) is 47.7 Å². The third-order valence-corrected chi connectivity index (χ3v) is 6.29. The molecule has 1 aromatic carbocycles. The Morgan fingerprint density at radius 3 is 2.94 bits per heavy atom. The summed E-state index contributed by atoms with van der Waals surface area (Å²) in [5.41, 5.74) is 3.53. The van der Waals surface area contributed by atoms with E-state index in [-0.39, 0.29) is 0 Å². The molecule has 1 saturated heterocycles. The molecule has 0 amide bonds. The molecule has 166 valence electrons. The third kappa shape index (κ3) is 6.84. The van der Waals surface area contributed by atoms with Crippen LogP contribution in [0.5, 0.6) is 0 Å². The van der Waals surface area contributed by atoms with Gasteiger partial charge >= 0.3 is 0 Å². The molecular weight excluding hydrogens is 404 g/mol. The van der Waals surface area contributed by atoms with Gasteiger partial charge in [-0.15, -0.1) is 0 Å². The van der Waals surface area contributed by atoms with Crippen LogP contribution in [0.3, 0.4) is 0 Å². The average molecular weight is 439 g/mol. The highest BCUT2D eigenvalue weighted by atomic mass is 32.2. The van der Waals surface area contributed by atoms with Crippen molar-refractivity contribution in [2.45, 2.75) is 52.0 Å². The third-order valence-electron chi connectivity index (χ3n) is 5.59. The van der Waals surface area contributed by atoms with Crippen LogP contribution in [0.4, 0.5) is 17.5 Å². The molecule has 1 aliphatic heterocycles. The van der Waals surface area contributed by atoms with Gasteiger partial charge in [0.1, 0.15) is 5.82 Å². The van der Waals surface area contributed by atoms with Gasteiger partial charge in [-0.2, -0.15) is 22.0 Å². The Morgan fingerprint density at radius 1 is 1.29 bits per heavy atom. The molecule has 0 radical (unpaired) electrons. The Labute approximate surface area is 190 Å². The van der Waals surface area contributed by atoms with Gasteiger partial charge in [0.25, 0.3) is 0 Å². The van der Waals surface area contributed by atoms with Gasteiger partial charge in [0.15, 0.2) is 0 Å². The summed E-state index contributed by atoms with van der Waals surface area (Å²) in [6, 6.07) is 10.7. The number of piperidine rings is 1. The molecular formula is C24H34N6S. The van der Waals surface area contributed by atoms with Crippen molar-refractivity contribution in [1.82, 2.24) is 15.3 Å². The molecule has 0 spiro atoms. The Hall–Kier alpha value is -2.30. The Bertz CT molecular complexity index is 894. The first-order valence-electron chi connectivity index (χ1n) is 11.3. The van der Waals surface area contributed by atoms with Crippen molar-refractivity contribution in [2.24, 2.45) is 0 Å². The zero-order valence-electron chi connectivity index (χ0n) is 18.9. The molecule has 6 nitrogen and oxygen atoms in total. The number of nitriles is 1. The predicted octanol–water partition coefficient (Wildman–Crippen LogP) is 4.66. The minimum Gasteiger partial charge on any atom is -0.355 e. The summed E-state index contributed by atoms with van der Waals surface area (Å²) in [6.07, 6.45) is 7.72. The average Bonchev–Trinajstić information content (AvgIpc) is 2.78. The quantitative estimate of drug-likeness (QED) is 0.522. The van der Waals surface area contributed by atoms with Crippen molar-refractivity contribution in [3.63, 3.8) is 0 Å². The van der Waals surface area contributed by atoms with E-state index in [2.05, 4.69) is 40.8 Å². The van der Waals surface area contributed by atoms with Crippen molar-refractivity contribution >= 4 is 29.2 Å². The number of rotatable bonds is 10. The lowest BCUT2D eigenvalue weighted by Gasteiger charge is -2.34. The second kappa shape index (κ2) is 11.9. The summed E-state index contributed by atoms with van der Waals surface area (Å²) < 4.78 is 0. The Kier molecular flexibility index (Phi) is 8.98. The van der Waals surface area contributed by atoms with Crippen LogP contribution in [-0.2, 0) is 6.42 Å². The van der Waals surface area contributed by atoms with Gasteiger partial charge in [0.05, 0.1) is 11.6 Å². The monoisotopic (exact) mass is 438 g/mol. The van der Waals surface area contributed by atoms with E-state index in [4.69, 9.17) is 9.97 Å².